The average molecular weight is 255 g/mol. The van der Waals surface area contributed by atoms with Gasteiger partial charge in [0.25, 0.3) is 0 Å². The van der Waals surface area contributed by atoms with E-state index < -0.39 is 16.1 Å². The molecule has 0 unspecified atom stereocenters. The summed E-state index contributed by atoms with van der Waals surface area (Å²) in [5, 5.41) is 3.01. The highest BCUT2D eigenvalue weighted by Crippen LogP contribution is 2.13. The van der Waals surface area contributed by atoms with Crippen molar-refractivity contribution >= 4 is 39.1 Å². The molecule has 84 valence electrons. The quantitative estimate of drug-likeness (QED) is 0.609. The van der Waals surface area contributed by atoms with Crippen LogP contribution in [0, 0.1) is 0 Å². The Labute approximate surface area is 102 Å². The Bertz CT molecular complexity index is 327. The minimum Gasteiger partial charge on any atom is -0.144 e. The van der Waals surface area contributed by atoms with Crippen molar-refractivity contribution in [3.05, 3.63) is 18.2 Å². The molecule has 0 saturated carbocycles. The molecule has 0 amide bonds. The number of thiol groups is 1. The average Bonchev–Trinajstić information content (AvgIpc) is 1.99. The van der Waals surface area contributed by atoms with Gasteiger partial charge in [-0.2, -0.15) is 0 Å². The van der Waals surface area contributed by atoms with Crippen LogP contribution in [0.3, 0.4) is 0 Å². The van der Waals surface area contributed by atoms with E-state index >= 15 is 0 Å². The Balaban J connectivity index is 3.37. The lowest BCUT2D eigenvalue weighted by atomic mass is 10.3. The summed E-state index contributed by atoms with van der Waals surface area (Å²) in [5.74, 6) is 0. The molecule has 0 spiro atoms. The van der Waals surface area contributed by atoms with E-state index in [0.29, 0.717) is 0 Å². The van der Waals surface area contributed by atoms with Crippen molar-refractivity contribution < 1.29 is 0 Å². The molecule has 1 aromatic carbocycles. The van der Waals surface area contributed by atoms with Gasteiger partial charge in [0.05, 0.1) is 16.1 Å². The zero-order valence-electron chi connectivity index (χ0n) is 10.7. The van der Waals surface area contributed by atoms with Crippen LogP contribution >= 0.6 is 12.6 Å². The normalized spacial score (nSPS) is 13.0. The van der Waals surface area contributed by atoms with Crippen molar-refractivity contribution in [1.82, 2.24) is 0 Å². The van der Waals surface area contributed by atoms with E-state index in [2.05, 4.69) is 57.5 Å². The van der Waals surface area contributed by atoms with Crippen LogP contribution in [0.25, 0.3) is 0 Å². The third-order valence-electron chi connectivity index (χ3n) is 2.65. The molecular weight excluding hydrogens is 232 g/mol. The van der Waals surface area contributed by atoms with E-state index in [1.165, 1.54) is 15.3 Å². The first-order chi connectivity index (χ1) is 6.64. The maximum Gasteiger partial charge on any atom is 0.0790 e. The molecule has 15 heavy (non-hydrogen) atoms. The zero-order chi connectivity index (χ0) is 11.9. The smallest absolute Gasteiger partial charge is 0.0790 e. The summed E-state index contributed by atoms with van der Waals surface area (Å²) in [6.45, 7) is 14.3. The molecule has 3 heteroatoms. The van der Waals surface area contributed by atoms with Crippen molar-refractivity contribution in [3.63, 3.8) is 0 Å². The van der Waals surface area contributed by atoms with Crippen LogP contribution in [0.2, 0.25) is 39.3 Å². The SMILES string of the molecule is C[Si](C)(C)c1cccc([Si](C)(C)C)c1S. The van der Waals surface area contributed by atoms with E-state index in [1.807, 2.05) is 0 Å². The highest BCUT2D eigenvalue weighted by atomic mass is 32.1. The molecule has 0 nitrogen and oxygen atoms in total. The molecule has 0 aliphatic heterocycles. The molecule has 0 heterocycles. The van der Waals surface area contributed by atoms with Crippen molar-refractivity contribution in [2.45, 2.75) is 44.2 Å². The molecule has 0 aliphatic carbocycles. The van der Waals surface area contributed by atoms with Crippen LogP contribution in [0.1, 0.15) is 0 Å². The number of rotatable bonds is 2. The van der Waals surface area contributed by atoms with Gasteiger partial charge < -0.3 is 0 Å². The van der Waals surface area contributed by atoms with Crippen LogP contribution in [0.4, 0.5) is 0 Å². The van der Waals surface area contributed by atoms with Gasteiger partial charge >= 0.3 is 0 Å². The van der Waals surface area contributed by atoms with Gasteiger partial charge in [0, 0.05) is 4.90 Å². The molecule has 1 aromatic rings. The Kier molecular flexibility index (Phi) is 3.58. The number of benzene rings is 1. The predicted octanol–water partition coefficient (Wildman–Crippen LogP) is 3.07. The van der Waals surface area contributed by atoms with Crippen LogP contribution in [0.5, 0.6) is 0 Å². The Morgan fingerprint density at radius 2 is 1.13 bits per heavy atom. The topological polar surface area (TPSA) is 0 Å². The maximum absolute atomic E-state index is 4.77. The van der Waals surface area contributed by atoms with Gasteiger partial charge in [-0.05, 0) is 10.4 Å². The lowest BCUT2D eigenvalue weighted by molar-refractivity contribution is 1.51. The Hall–Kier alpha value is 0.00377. The van der Waals surface area contributed by atoms with E-state index in [0.717, 1.165) is 0 Å². The first-order valence-electron chi connectivity index (χ1n) is 5.47. The second-order valence-electron chi connectivity index (χ2n) is 6.20. The molecular formula is C12H22SSi2. The van der Waals surface area contributed by atoms with Crippen molar-refractivity contribution in [3.8, 4) is 0 Å². The first-order valence-corrected chi connectivity index (χ1v) is 12.9. The third-order valence-corrected chi connectivity index (χ3v) is 7.62. The summed E-state index contributed by atoms with van der Waals surface area (Å²) in [6, 6.07) is 6.73. The van der Waals surface area contributed by atoms with Gasteiger partial charge in [-0.15, -0.1) is 12.6 Å². The van der Waals surface area contributed by atoms with Crippen molar-refractivity contribution in [1.29, 1.82) is 0 Å². The maximum atomic E-state index is 4.77. The minimum absolute atomic E-state index is 1.24. The molecule has 0 radical (unpaired) electrons. The minimum atomic E-state index is -1.24. The van der Waals surface area contributed by atoms with E-state index in [1.54, 1.807) is 0 Å². The second kappa shape index (κ2) is 4.11. The molecule has 0 fully saturated rings. The van der Waals surface area contributed by atoms with Crippen LogP contribution in [0.15, 0.2) is 23.1 Å². The van der Waals surface area contributed by atoms with Crippen molar-refractivity contribution in [2.75, 3.05) is 0 Å². The predicted molar refractivity (Wildman–Crippen MR) is 79.7 cm³/mol. The van der Waals surface area contributed by atoms with Crippen LogP contribution < -0.4 is 10.4 Å². The molecule has 0 bridgehead atoms. The van der Waals surface area contributed by atoms with E-state index in [4.69, 9.17) is 12.6 Å². The molecule has 0 N–H and O–H groups in total. The largest absolute Gasteiger partial charge is 0.144 e. The summed E-state index contributed by atoms with van der Waals surface area (Å²) in [4.78, 5) is 1.27. The van der Waals surface area contributed by atoms with Gasteiger partial charge in [-0.25, -0.2) is 0 Å². The van der Waals surface area contributed by atoms with Crippen LogP contribution in [-0.4, -0.2) is 16.1 Å². The van der Waals surface area contributed by atoms with E-state index in [9.17, 15) is 0 Å². The summed E-state index contributed by atoms with van der Waals surface area (Å²) < 4.78 is 0. The lowest BCUT2D eigenvalue weighted by Crippen LogP contribution is -2.46. The second-order valence-corrected chi connectivity index (χ2v) is 16.7. The molecule has 0 atom stereocenters. The third kappa shape index (κ3) is 2.98. The molecule has 0 saturated heterocycles. The summed E-state index contributed by atoms with van der Waals surface area (Å²) >= 11 is 4.77. The van der Waals surface area contributed by atoms with Gasteiger partial charge in [0.15, 0.2) is 0 Å². The standard InChI is InChI=1S/C12H22SSi2/c1-14(2,3)10-8-7-9-11(12(10)13)15(4,5)6/h7-9,13H,1-6H3. The fourth-order valence-electron chi connectivity index (χ4n) is 1.75. The van der Waals surface area contributed by atoms with E-state index in [-0.39, 0.29) is 0 Å². The fourth-order valence-corrected chi connectivity index (χ4v) is 6.92. The monoisotopic (exact) mass is 254 g/mol. The number of hydrogen-bond acceptors (Lipinski definition) is 1. The Morgan fingerprint density at radius 1 is 0.800 bits per heavy atom. The summed E-state index contributed by atoms with van der Waals surface area (Å²) in [6.07, 6.45) is 0. The highest BCUT2D eigenvalue weighted by molar-refractivity contribution is 7.81. The van der Waals surface area contributed by atoms with Gasteiger partial charge in [0.2, 0.25) is 0 Å². The van der Waals surface area contributed by atoms with Crippen molar-refractivity contribution in [2.24, 2.45) is 0 Å². The Morgan fingerprint density at radius 3 is 1.40 bits per heavy atom. The molecule has 0 aliphatic rings. The zero-order valence-corrected chi connectivity index (χ0v) is 13.6. The fraction of sp³-hybridized carbons (Fsp3) is 0.500. The lowest BCUT2D eigenvalue weighted by Gasteiger charge is -2.25. The number of hydrogen-bond donors (Lipinski definition) is 1. The summed E-state index contributed by atoms with van der Waals surface area (Å²) in [5.41, 5.74) is 0. The van der Waals surface area contributed by atoms with Gasteiger partial charge in [0.1, 0.15) is 0 Å². The molecule has 1 rings (SSSR count). The summed E-state index contributed by atoms with van der Waals surface area (Å²) in [7, 11) is -2.48. The highest BCUT2D eigenvalue weighted by Gasteiger charge is 2.25. The van der Waals surface area contributed by atoms with Crippen LogP contribution in [-0.2, 0) is 0 Å². The van der Waals surface area contributed by atoms with Gasteiger partial charge in [-0.1, -0.05) is 57.5 Å². The first kappa shape index (κ1) is 13.1. The molecule has 0 aromatic heterocycles. The van der Waals surface area contributed by atoms with Gasteiger partial charge in [-0.3, -0.25) is 0 Å².